The summed E-state index contributed by atoms with van der Waals surface area (Å²) in [5.74, 6) is -0.0187. The highest BCUT2D eigenvalue weighted by molar-refractivity contribution is 6.52. The molecule has 16 heavy (non-hydrogen) atoms. The van der Waals surface area contributed by atoms with Gasteiger partial charge in [0.15, 0.2) is 12.1 Å². The molecule has 0 bridgehead atoms. The van der Waals surface area contributed by atoms with Gasteiger partial charge in [-0.15, -0.1) is 0 Å². The molecule has 1 aromatic rings. The second kappa shape index (κ2) is 4.29. The van der Waals surface area contributed by atoms with E-state index in [4.69, 9.17) is 38.8 Å². The van der Waals surface area contributed by atoms with Crippen LogP contribution in [0.25, 0.3) is 0 Å². The van der Waals surface area contributed by atoms with Gasteiger partial charge in [0, 0.05) is 5.56 Å². The van der Waals surface area contributed by atoms with Crippen molar-refractivity contribution in [2.75, 3.05) is 0 Å². The third-order valence-electron chi connectivity index (χ3n) is 1.84. The lowest BCUT2D eigenvalue weighted by Gasteiger charge is -2.17. The zero-order valence-electron chi connectivity index (χ0n) is 10.9. The van der Waals surface area contributed by atoms with Crippen molar-refractivity contribution in [2.24, 2.45) is 21.6 Å². The van der Waals surface area contributed by atoms with Gasteiger partial charge in [0.05, 0.1) is 14.2 Å². The maximum Gasteiger partial charge on any atom is 0.188 e. The molecule has 1 aliphatic heterocycles. The lowest BCUT2D eigenvalue weighted by molar-refractivity contribution is 0.567. The molecule has 1 aliphatic rings. The molecule has 1 atom stereocenters. The first-order valence-corrected chi connectivity index (χ1v) is 4.97. The van der Waals surface area contributed by atoms with Crippen LogP contribution in [0.15, 0.2) is 28.2 Å². The van der Waals surface area contributed by atoms with Gasteiger partial charge in [-0.3, -0.25) is 11.2 Å². The first-order valence-electron chi connectivity index (χ1n) is 5.72. The summed E-state index contributed by atoms with van der Waals surface area (Å²) in [5.41, 5.74) is 13.7. The van der Waals surface area contributed by atoms with Crippen LogP contribution in [-0.4, -0.2) is 17.8 Å². The molecule has 0 saturated heterocycles. The number of nitrogens with one attached hydrogen (secondary N) is 1. The van der Waals surface area contributed by atoms with Gasteiger partial charge in [0.2, 0.25) is 0 Å². The monoisotopic (exact) mass is 264 g/mol. The van der Waals surface area contributed by atoms with Crippen LogP contribution in [-0.2, 0) is 0 Å². The van der Waals surface area contributed by atoms with Crippen LogP contribution in [0.3, 0.4) is 0 Å². The number of nitrogens with two attached hydrogens (primary N) is 2. The molecule has 0 saturated carbocycles. The first kappa shape index (κ1) is 7.89. The van der Waals surface area contributed by atoms with E-state index < -0.39 is 6.29 Å². The van der Waals surface area contributed by atoms with Crippen molar-refractivity contribution in [2.45, 2.75) is 6.29 Å². The Labute approximate surface area is 106 Å². The standard InChI is InChI=1S/C9H9Cl2N5/c10-5-3-1-2-4(6(5)11)7-8(12)14-9(13)16-15-7/h1-3,9,16H,13H2,(H2,12,14)/i1D,2D,3D,8+1,9+1,15+1,16+1. The molecule has 1 aromatic carbocycles. The van der Waals surface area contributed by atoms with E-state index >= 15 is 0 Å². The largest absolute Gasteiger partial charge is 0.382 e. The van der Waals surface area contributed by atoms with Gasteiger partial charge in [-0.1, -0.05) is 35.3 Å². The summed E-state index contributed by atoms with van der Waals surface area (Å²) in [4.78, 5) is 3.84. The van der Waals surface area contributed by atoms with Crippen molar-refractivity contribution >= 4 is 34.7 Å². The fourth-order valence-electron chi connectivity index (χ4n) is 1.14. The topological polar surface area (TPSA) is 88.8 Å². The summed E-state index contributed by atoms with van der Waals surface area (Å²) in [6.45, 7) is 0. The Balaban J connectivity index is 2.68. The van der Waals surface area contributed by atoms with Crippen LogP contribution in [0.2, 0.25) is 10.0 Å². The van der Waals surface area contributed by atoms with Crippen molar-refractivity contribution in [3.8, 4) is 0 Å². The third kappa shape index (κ3) is 1.97. The van der Waals surface area contributed by atoms with Crippen molar-refractivity contribution in [1.82, 2.24) is 5.43 Å². The number of hydrogen-bond acceptors (Lipinski definition) is 5. The lowest BCUT2D eigenvalue weighted by atomic mass is 10.2. The van der Waals surface area contributed by atoms with Crippen molar-refractivity contribution in [3.05, 3.63) is 33.7 Å². The van der Waals surface area contributed by atoms with Gasteiger partial charge in [0.25, 0.3) is 0 Å². The van der Waals surface area contributed by atoms with E-state index in [1.807, 2.05) is 0 Å². The number of amidine groups is 1. The van der Waals surface area contributed by atoms with Gasteiger partial charge >= 0.3 is 0 Å². The van der Waals surface area contributed by atoms with Crippen molar-refractivity contribution in [1.29, 1.82) is 0 Å². The molecule has 7 heteroatoms. The zero-order valence-corrected chi connectivity index (χ0v) is 9.39. The van der Waals surface area contributed by atoms with Gasteiger partial charge in [-0.25, -0.2) is 4.99 Å². The van der Waals surface area contributed by atoms with E-state index in [0.29, 0.717) is 0 Å². The molecule has 0 aromatic heterocycles. The van der Waals surface area contributed by atoms with Gasteiger partial charge in [-0.05, 0) is 6.04 Å². The molecule has 5 nitrogen and oxygen atoms in total. The molecule has 0 aliphatic carbocycles. The van der Waals surface area contributed by atoms with E-state index in [2.05, 4.69) is 15.5 Å². The molecule has 1 heterocycles. The summed E-state index contributed by atoms with van der Waals surface area (Å²) in [7, 11) is 0. The minimum absolute atomic E-state index is 0.0187. The third-order valence-corrected chi connectivity index (χ3v) is 2.60. The maximum atomic E-state index is 7.85. The van der Waals surface area contributed by atoms with Crippen LogP contribution in [0, 0.1) is 0 Å². The Hall–Kier alpha value is -1.30. The second-order valence-electron chi connectivity index (χ2n) is 2.93. The first-order chi connectivity index (χ1) is 8.84. The van der Waals surface area contributed by atoms with Crippen LogP contribution < -0.4 is 16.9 Å². The number of nitrogens with zero attached hydrogens (tertiary/aromatic N) is 2. The normalized spacial score (nSPS) is 22.4. The number of halogens is 2. The molecule has 0 amide bonds. The zero-order chi connectivity index (χ0) is 14.3. The summed E-state index contributed by atoms with van der Waals surface area (Å²) in [6.07, 6.45) is -0.780. The average molecular weight is 265 g/mol. The van der Waals surface area contributed by atoms with Crippen LogP contribution in [0.5, 0.6) is 0 Å². The van der Waals surface area contributed by atoms with E-state index in [9.17, 15) is 0 Å². The molecule has 84 valence electrons. The molecule has 0 spiro atoms. The summed E-state index contributed by atoms with van der Waals surface area (Å²) in [6, 6.07) is -0.986. The predicted octanol–water partition coefficient (Wildman–Crippen LogP) is 0.900. The fraction of sp³-hybridized carbons (Fsp3) is 0.111. The Kier molecular flexibility index (Phi) is 2.11. The van der Waals surface area contributed by atoms with Gasteiger partial charge < -0.3 is 5.73 Å². The van der Waals surface area contributed by atoms with E-state index in [1.54, 1.807) is 0 Å². The predicted molar refractivity (Wildman–Crippen MR) is 65.7 cm³/mol. The Bertz CT molecular complexity index is 587. The number of benzene rings is 1. The number of rotatable bonds is 1. The van der Waals surface area contributed by atoms with E-state index in [0.717, 1.165) is 0 Å². The quantitative estimate of drug-likeness (QED) is 0.520. The number of hydrogen-bond donors (Lipinski definition) is 3. The highest BCUT2D eigenvalue weighted by Crippen LogP contribution is 2.26. The fourth-order valence-corrected chi connectivity index (χ4v) is 1.47. The maximum absolute atomic E-state index is 7.85. The SMILES string of the molecule is [2H]c1c([2H])c(Cl)c(Cl)c(C2=[15N][15NH][13CH](N)N=[13C]2N)c1[2H]. The van der Waals surface area contributed by atoms with Crippen LogP contribution >= 0.6 is 23.2 Å². The minimum atomic E-state index is -0.780. The molecule has 1 unspecified atom stereocenters. The van der Waals surface area contributed by atoms with Crippen molar-refractivity contribution in [3.63, 3.8) is 0 Å². The molecular formula is C9H9Cl2N5. The smallest absolute Gasteiger partial charge is 0.188 e. The molecule has 0 radical (unpaired) electrons. The van der Waals surface area contributed by atoms with Crippen molar-refractivity contribution < 1.29 is 4.11 Å². The summed E-state index contributed by atoms with van der Waals surface area (Å²) >= 11 is 11.9. The Morgan fingerprint density at radius 3 is 2.88 bits per heavy atom. The lowest BCUT2D eigenvalue weighted by Crippen LogP contribution is -2.42. The Morgan fingerprint density at radius 2 is 2.19 bits per heavy atom. The molecule has 2 rings (SSSR count). The van der Waals surface area contributed by atoms with E-state index in [1.165, 1.54) is 0 Å². The second-order valence-corrected chi connectivity index (χ2v) is 3.68. The van der Waals surface area contributed by atoms with Gasteiger partial charge in [-0.2, -0.15) is 5.10 Å². The number of hydrazone groups is 1. The summed E-state index contributed by atoms with van der Waals surface area (Å²) in [5, 5.41) is 3.67. The van der Waals surface area contributed by atoms with Crippen LogP contribution in [0.4, 0.5) is 0 Å². The molecule has 5 N–H and O–H groups in total. The molecular weight excluding hydrogens is 253 g/mol. The van der Waals surface area contributed by atoms with Crippen LogP contribution in [0.1, 0.15) is 9.68 Å². The highest BCUT2D eigenvalue weighted by Gasteiger charge is 2.18. The Morgan fingerprint density at radius 1 is 1.44 bits per heavy atom. The van der Waals surface area contributed by atoms with Gasteiger partial charge in [0.1, 0.15) is 5.71 Å². The molecule has 0 fully saturated rings. The number of aliphatic imine (C=N–C) groups is 1. The average Bonchev–Trinajstić information content (AvgIpc) is 2.37. The summed E-state index contributed by atoms with van der Waals surface area (Å²) < 4.78 is 23.1. The van der Waals surface area contributed by atoms with E-state index in [-0.39, 0.29) is 45.3 Å². The highest BCUT2D eigenvalue weighted by atomic mass is 35.5. The minimum Gasteiger partial charge on any atom is -0.382 e.